The maximum atomic E-state index is 13.4. The average molecular weight is 503 g/mol. The van der Waals surface area contributed by atoms with Crippen LogP contribution in [0.3, 0.4) is 0 Å². The zero-order chi connectivity index (χ0) is 24.1. The van der Waals surface area contributed by atoms with Crippen molar-refractivity contribution in [3.8, 4) is 17.2 Å². The minimum absolute atomic E-state index is 0.0700. The second-order valence-electron chi connectivity index (χ2n) is 7.38. The summed E-state index contributed by atoms with van der Waals surface area (Å²) >= 11 is 5.91. The van der Waals surface area contributed by atoms with Crippen molar-refractivity contribution >= 4 is 33.2 Å². The quantitative estimate of drug-likeness (QED) is 0.474. The Morgan fingerprint density at radius 2 is 1.74 bits per heavy atom. The third-order valence-corrected chi connectivity index (χ3v) is 7.20. The standard InChI is InChI=1S/C24H23ClN2O6S/c1-31-18-8-10-19(11-9-18)32-15-14-26-24(28)23-16-27(21-4-2-3-5-22(21)33-23)34(29,30)20-12-6-17(25)7-13-20/h2-13,23H,14-16H2,1H3,(H,26,28). The monoisotopic (exact) mass is 502 g/mol. The summed E-state index contributed by atoms with van der Waals surface area (Å²) in [5.74, 6) is 1.22. The lowest BCUT2D eigenvalue weighted by Crippen LogP contribution is -2.51. The number of carbonyl (C=O) groups excluding carboxylic acids is 1. The summed E-state index contributed by atoms with van der Waals surface area (Å²) in [6.45, 7) is 0.275. The van der Waals surface area contributed by atoms with E-state index in [9.17, 15) is 13.2 Å². The van der Waals surface area contributed by atoms with Crippen LogP contribution in [-0.4, -0.2) is 47.2 Å². The van der Waals surface area contributed by atoms with Gasteiger partial charge in [-0.1, -0.05) is 23.7 Å². The molecule has 0 bridgehead atoms. The van der Waals surface area contributed by atoms with Gasteiger partial charge in [0.2, 0.25) is 0 Å². The number of hydrogen-bond acceptors (Lipinski definition) is 6. The SMILES string of the molecule is COc1ccc(OCCNC(=O)C2CN(S(=O)(=O)c3ccc(Cl)cc3)c3ccccc3O2)cc1. The summed E-state index contributed by atoms with van der Waals surface area (Å²) in [6.07, 6.45) is -1.03. The number of amides is 1. The number of nitrogens with zero attached hydrogens (tertiary/aromatic N) is 1. The van der Waals surface area contributed by atoms with Gasteiger partial charge in [0.25, 0.3) is 15.9 Å². The Bertz CT molecular complexity index is 1250. The topological polar surface area (TPSA) is 94.2 Å². The van der Waals surface area contributed by atoms with Crippen LogP contribution < -0.4 is 23.8 Å². The summed E-state index contributed by atoms with van der Waals surface area (Å²) < 4.78 is 44.4. The van der Waals surface area contributed by atoms with Crippen LogP contribution in [0.5, 0.6) is 17.2 Å². The van der Waals surface area contributed by atoms with Crippen LogP contribution in [0.15, 0.2) is 77.7 Å². The van der Waals surface area contributed by atoms with E-state index in [1.165, 1.54) is 28.6 Å². The number of fused-ring (bicyclic) bond motifs is 1. The van der Waals surface area contributed by atoms with Crippen molar-refractivity contribution in [2.75, 3.05) is 31.1 Å². The molecular weight excluding hydrogens is 480 g/mol. The van der Waals surface area contributed by atoms with Crippen LogP contribution >= 0.6 is 11.6 Å². The Kier molecular flexibility index (Phi) is 7.14. The van der Waals surface area contributed by atoms with Gasteiger partial charge in [-0.3, -0.25) is 9.10 Å². The molecule has 0 aliphatic carbocycles. The molecule has 1 unspecified atom stereocenters. The first kappa shape index (κ1) is 23.7. The van der Waals surface area contributed by atoms with Crippen LogP contribution in [0.25, 0.3) is 0 Å². The molecule has 1 aliphatic rings. The highest BCUT2D eigenvalue weighted by Crippen LogP contribution is 2.36. The van der Waals surface area contributed by atoms with E-state index in [4.69, 9.17) is 25.8 Å². The smallest absolute Gasteiger partial charge is 0.264 e. The summed E-state index contributed by atoms with van der Waals surface area (Å²) in [6, 6.07) is 19.7. The molecule has 178 valence electrons. The second kappa shape index (κ2) is 10.2. The third-order valence-electron chi connectivity index (χ3n) is 5.16. The molecule has 1 atom stereocenters. The van der Waals surface area contributed by atoms with Crippen molar-refractivity contribution in [2.24, 2.45) is 0 Å². The van der Waals surface area contributed by atoms with Gasteiger partial charge in [-0.15, -0.1) is 0 Å². The van der Waals surface area contributed by atoms with Gasteiger partial charge < -0.3 is 19.5 Å². The van der Waals surface area contributed by atoms with Crippen LogP contribution in [0.4, 0.5) is 5.69 Å². The van der Waals surface area contributed by atoms with Gasteiger partial charge in [0.1, 0.15) is 23.9 Å². The molecule has 10 heteroatoms. The molecule has 1 aliphatic heterocycles. The summed E-state index contributed by atoms with van der Waals surface area (Å²) in [5, 5.41) is 3.17. The lowest BCUT2D eigenvalue weighted by atomic mass is 10.2. The molecule has 1 heterocycles. The number of hydrogen-bond donors (Lipinski definition) is 1. The van der Waals surface area contributed by atoms with Crippen molar-refractivity contribution in [1.29, 1.82) is 0 Å². The van der Waals surface area contributed by atoms with E-state index in [2.05, 4.69) is 5.32 Å². The number of benzene rings is 3. The van der Waals surface area contributed by atoms with Crippen LogP contribution in [-0.2, 0) is 14.8 Å². The molecule has 4 rings (SSSR count). The number of para-hydroxylation sites is 2. The van der Waals surface area contributed by atoms with E-state index in [0.29, 0.717) is 28.0 Å². The van der Waals surface area contributed by atoms with Crippen molar-refractivity contribution in [1.82, 2.24) is 5.32 Å². The first-order chi connectivity index (χ1) is 16.4. The van der Waals surface area contributed by atoms with Crippen molar-refractivity contribution in [2.45, 2.75) is 11.0 Å². The Morgan fingerprint density at radius 3 is 2.44 bits per heavy atom. The van der Waals surface area contributed by atoms with Gasteiger partial charge in [0.15, 0.2) is 6.10 Å². The highest BCUT2D eigenvalue weighted by Gasteiger charge is 2.37. The fraction of sp³-hybridized carbons (Fsp3) is 0.208. The fourth-order valence-corrected chi connectivity index (χ4v) is 5.03. The number of nitrogens with one attached hydrogen (secondary N) is 1. The van der Waals surface area contributed by atoms with Gasteiger partial charge in [0, 0.05) is 5.02 Å². The van der Waals surface area contributed by atoms with Gasteiger partial charge in [-0.05, 0) is 60.7 Å². The molecule has 0 saturated carbocycles. The highest BCUT2D eigenvalue weighted by molar-refractivity contribution is 7.92. The van der Waals surface area contributed by atoms with Gasteiger partial charge >= 0.3 is 0 Å². The van der Waals surface area contributed by atoms with Crippen molar-refractivity contribution in [3.05, 3.63) is 77.8 Å². The number of rotatable bonds is 8. The van der Waals surface area contributed by atoms with E-state index in [0.717, 1.165) is 0 Å². The number of halogens is 1. The molecule has 3 aromatic carbocycles. The molecule has 1 N–H and O–H groups in total. The van der Waals surface area contributed by atoms with Gasteiger partial charge in [-0.25, -0.2) is 8.42 Å². The molecule has 3 aromatic rings. The molecule has 8 nitrogen and oxygen atoms in total. The van der Waals surface area contributed by atoms with Crippen LogP contribution in [0.1, 0.15) is 0 Å². The zero-order valence-corrected chi connectivity index (χ0v) is 19.9. The number of ether oxygens (including phenoxy) is 3. The number of methoxy groups -OCH3 is 1. The van der Waals surface area contributed by atoms with Gasteiger partial charge in [-0.2, -0.15) is 0 Å². The molecular formula is C24H23ClN2O6S. The molecule has 34 heavy (non-hydrogen) atoms. The predicted molar refractivity (Wildman–Crippen MR) is 128 cm³/mol. The maximum absolute atomic E-state index is 13.4. The maximum Gasteiger partial charge on any atom is 0.264 e. The van der Waals surface area contributed by atoms with Crippen molar-refractivity contribution in [3.63, 3.8) is 0 Å². The number of carbonyl (C=O) groups is 1. The highest BCUT2D eigenvalue weighted by atomic mass is 35.5. The lowest BCUT2D eigenvalue weighted by molar-refractivity contribution is -0.127. The van der Waals surface area contributed by atoms with E-state index in [1.807, 2.05) is 0 Å². The van der Waals surface area contributed by atoms with Crippen LogP contribution in [0.2, 0.25) is 5.02 Å². The lowest BCUT2D eigenvalue weighted by Gasteiger charge is -2.34. The van der Waals surface area contributed by atoms with Gasteiger partial charge in [0.05, 0.1) is 30.8 Å². The summed E-state index contributed by atoms with van der Waals surface area (Å²) in [7, 11) is -2.36. The summed E-state index contributed by atoms with van der Waals surface area (Å²) in [5.41, 5.74) is 0.365. The second-order valence-corrected chi connectivity index (χ2v) is 9.68. The van der Waals surface area contributed by atoms with Crippen molar-refractivity contribution < 1.29 is 27.4 Å². The van der Waals surface area contributed by atoms with E-state index in [-0.39, 0.29) is 24.6 Å². The minimum atomic E-state index is -3.95. The average Bonchev–Trinajstić information content (AvgIpc) is 2.86. The van der Waals surface area contributed by atoms with Crippen LogP contribution in [0, 0.1) is 0 Å². The van der Waals surface area contributed by atoms with E-state index < -0.39 is 22.0 Å². The molecule has 0 spiro atoms. The molecule has 0 aromatic heterocycles. The zero-order valence-electron chi connectivity index (χ0n) is 18.3. The Morgan fingerprint density at radius 1 is 1.06 bits per heavy atom. The Balaban J connectivity index is 1.43. The molecule has 0 fully saturated rings. The van der Waals surface area contributed by atoms with E-state index >= 15 is 0 Å². The fourth-order valence-electron chi connectivity index (χ4n) is 3.43. The predicted octanol–water partition coefficient (Wildman–Crippen LogP) is 3.50. The molecule has 0 radical (unpaired) electrons. The normalized spacial score (nSPS) is 15.1. The first-order valence-corrected chi connectivity index (χ1v) is 12.3. The largest absolute Gasteiger partial charge is 0.497 e. The summed E-state index contributed by atoms with van der Waals surface area (Å²) in [4.78, 5) is 12.9. The van der Waals surface area contributed by atoms with E-state index in [1.54, 1.807) is 55.6 Å². The third kappa shape index (κ3) is 5.21. The molecule has 1 amide bonds. The minimum Gasteiger partial charge on any atom is -0.497 e. The molecule has 0 saturated heterocycles. The first-order valence-electron chi connectivity index (χ1n) is 10.5. The number of sulfonamides is 1. The Hall–Kier alpha value is -3.43. The number of anilines is 1. The Labute approximate surface area is 203 Å².